The van der Waals surface area contributed by atoms with Crippen LogP contribution in [0.3, 0.4) is 0 Å². The van der Waals surface area contributed by atoms with Crippen molar-refractivity contribution in [1.82, 2.24) is 19.7 Å². The number of nitrogens with zero attached hydrogens (tertiary/aromatic N) is 4. The van der Waals surface area contributed by atoms with Gasteiger partial charge >= 0.3 is 5.97 Å². The Kier molecular flexibility index (Phi) is 6.43. The SMILES string of the molecule is COC(=O)/C=C1/SCC(=O)N1CCCSc1nnc(-c2ccccc2F)n1C1CC1. The highest BCUT2D eigenvalue weighted by Gasteiger charge is 2.31. The molecule has 1 aromatic heterocycles. The molecule has 1 aliphatic heterocycles. The van der Waals surface area contributed by atoms with Gasteiger partial charge in [-0.2, -0.15) is 0 Å². The number of hydrogen-bond donors (Lipinski definition) is 0. The van der Waals surface area contributed by atoms with Crippen molar-refractivity contribution < 1.29 is 18.7 Å². The van der Waals surface area contributed by atoms with Crippen LogP contribution in [0, 0.1) is 5.82 Å². The maximum Gasteiger partial charge on any atom is 0.333 e. The normalized spacial score (nSPS) is 17.7. The summed E-state index contributed by atoms with van der Waals surface area (Å²) in [6, 6.07) is 6.91. The summed E-state index contributed by atoms with van der Waals surface area (Å²) in [4.78, 5) is 25.2. The summed E-state index contributed by atoms with van der Waals surface area (Å²) >= 11 is 2.89. The molecule has 30 heavy (non-hydrogen) atoms. The minimum atomic E-state index is -0.468. The summed E-state index contributed by atoms with van der Waals surface area (Å²) in [6.45, 7) is 0.513. The number of thioether (sulfide) groups is 2. The molecule has 0 radical (unpaired) electrons. The average Bonchev–Trinajstić information content (AvgIpc) is 3.41. The van der Waals surface area contributed by atoms with Gasteiger partial charge in [0.2, 0.25) is 5.91 Å². The molecule has 1 amide bonds. The fourth-order valence-corrected chi connectivity index (χ4v) is 5.06. The fraction of sp³-hybridized carbons (Fsp3) is 0.400. The number of benzene rings is 1. The van der Waals surface area contributed by atoms with Gasteiger partial charge in [0.05, 0.1) is 29.5 Å². The molecule has 2 aromatic rings. The molecular formula is C20H21FN4O3S2. The van der Waals surface area contributed by atoms with Crippen molar-refractivity contribution in [3.63, 3.8) is 0 Å². The van der Waals surface area contributed by atoms with Crippen LogP contribution in [-0.4, -0.2) is 56.7 Å². The molecule has 0 atom stereocenters. The first-order valence-corrected chi connectivity index (χ1v) is 11.6. The number of rotatable bonds is 8. The van der Waals surface area contributed by atoms with E-state index in [1.165, 1.54) is 31.0 Å². The van der Waals surface area contributed by atoms with Crippen molar-refractivity contribution in [1.29, 1.82) is 0 Å². The van der Waals surface area contributed by atoms with Crippen LogP contribution in [-0.2, 0) is 14.3 Å². The second-order valence-corrected chi connectivity index (χ2v) is 8.99. The Bertz CT molecular complexity index is 990. The van der Waals surface area contributed by atoms with Crippen LogP contribution < -0.4 is 0 Å². The molecule has 0 N–H and O–H groups in total. The molecule has 2 heterocycles. The lowest BCUT2D eigenvalue weighted by molar-refractivity contribution is -0.134. The highest BCUT2D eigenvalue weighted by molar-refractivity contribution is 8.04. The van der Waals surface area contributed by atoms with Crippen molar-refractivity contribution in [3.05, 3.63) is 41.2 Å². The topological polar surface area (TPSA) is 77.3 Å². The molecule has 1 aromatic carbocycles. The first kappa shape index (κ1) is 20.9. The Morgan fingerprint density at radius 1 is 1.37 bits per heavy atom. The minimum Gasteiger partial charge on any atom is -0.466 e. The maximum atomic E-state index is 14.3. The van der Waals surface area contributed by atoms with Crippen LogP contribution in [0.2, 0.25) is 0 Å². The van der Waals surface area contributed by atoms with E-state index in [9.17, 15) is 14.0 Å². The molecule has 2 fully saturated rings. The van der Waals surface area contributed by atoms with Crippen LogP contribution in [0.5, 0.6) is 0 Å². The van der Waals surface area contributed by atoms with E-state index >= 15 is 0 Å². The standard InChI is InChI=1S/C20H21FN4O3S2/c1-28-18(27)11-17-24(16(26)12-30-17)9-4-10-29-20-23-22-19(25(20)13-7-8-13)14-5-2-3-6-15(14)21/h2-3,5-6,11,13H,4,7-10,12H2,1H3/b17-11+. The number of carbonyl (C=O) groups is 2. The molecule has 2 aliphatic rings. The molecule has 1 saturated heterocycles. The van der Waals surface area contributed by atoms with E-state index in [2.05, 4.69) is 14.9 Å². The maximum absolute atomic E-state index is 14.3. The molecule has 0 bridgehead atoms. The number of ether oxygens (including phenoxy) is 1. The second-order valence-electron chi connectivity index (χ2n) is 6.93. The number of halogens is 1. The summed E-state index contributed by atoms with van der Waals surface area (Å²) in [5.41, 5.74) is 0.459. The highest BCUT2D eigenvalue weighted by Crippen LogP contribution is 2.41. The van der Waals surface area contributed by atoms with Crippen molar-refractivity contribution in [2.24, 2.45) is 0 Å². The molecule has 7 nitrogen and oxygen atoms in total. The van der Waals surface area contributed by atoms with Crippen molar-refractivity contribution in [3.8, 4) is 11.4 Å². The third kappa shape index (κ3) is 4.54. The second kappa shape index (κ2) is 9.22. The third-order valence-corrected chi connectivity index (χ3v) is 6.86. The van der Waals surface area contributed by atoms with E-state index < -0.39 is 5.97 Å². The number of hydrogen-bond acceptors (Lipinski definition) is 7. The lowest BCUT2D eigenvalue weighted by atomic mass is 10.2. The summed E-state index contributed by atoms with van der Waals surface area (Å²) in [5, 5.41) is 9.94. The molecule has 0 spiro atoms. The van der Waals surface area contributed by atoms with Gasteiger partial charge in [0.15, 0.2) is 11.0 Å². The number of carbonyl (C=O) groups excluding carboxylic acids is 2. The fourth-order valence-electron chi connectivity index (χ4n) is 3.18. The molecule has 0 unspecified atom stereocenters. The Morgan fingerprint density at radius 2 is 2.17 bits per heavy atom. The Morgan fingerprint density at radius 3 is 2.90 bits per heavy atom. The van der Waals surface area contributed by atoms with Gasteiger partial charge in [-0.25, -0.2) is 9.18 Å². The molecule has 158 valence electrons. The third-order valence-electron chi connectivity index (χ3n) is 4.80. The van der Waals surface area contributed by atoms with Gasteiger partial charge < -0.3 is 9.64 Å². The molecule has 10 heteroatoms. The lowest BCUT2D eigenvalue weighted by Gasteiger charge is -2.16. The van der Waals surface area contributed by atoms with Crippen molar-refractivity contribution >= 4 is 35.4 Å². The summed E-state index contributed by atoms with van der Waals surface area (Å²) < 4.78 is 20.9. The van der Waals surface area contributed by atoms with Gasteiger partial charge in [-0.05, 0) is 31.4 Å². The Labute approximate surface area is 182 Å². The predicted octanol–water partition coefficient (Wildman–Crippen LogP) is 3.49. The smallest absolute Gasteiger partial charge is 0.333 e. The Hall–Kier alpha value is -2.33. The van der Waals surface area contributed by atoms with Gasteiger partial charge in [-0.15, -0.1) is 10.2 Å². The van der Waals surface area contributed by atoms with E-state index in [-0.39, 0.29) is 11.7 Å². The predicted molar refractivity (Wildman–Crippen MR) is 113 cm³/mol. The van der Waals surface area contributed by atoms with Gasteiger partial charge in [0.1, 0.15) is 5.82 Å². The monoisotopic (exact) mass is 448 g/mol. The van der Waals surface area contributed by atoms with Crippen LogP contribution in [0.1, 0.15) is 25.3 Å². The zero-order valence-corrected chi connectivity index (χ0v) is 18.0. The van der Waals surface area contributed by atoms with E-state index in [0.29, 0.717) is 34.8 Å². The van der Waals surface area contributed by atoms with Crippen molar-refractivity contribution in [2.75, 3.05) is 25.2 Å². The number of esters is 1. The zero-order chi connectivity index (χ0) is 21.1. The molecular weight excluding hydrogens is 427 g/mol. The summed E-state index contributed by atoms with van der Waals surface area (Å²) in [6.07, 6.45) is 4.15. The molecule has 1 saturated carbocycles. The van der Waals surface area contributed by atoms with Gasteiger partial charge in [0.25, 0.3) is 0 Å². The van der Waals surface area contributed by atoms with E-state index in [4.69, 9.17) is 0 Å². The molecule has 4 rings (SSSR count). The largest absolute Gasteiger partial charge is 0.466 e. The summed E-state index contributed by atoms with van der Waals surface area (Å²) in [5.74, 6) is 0.832. The minimum absolute atomic E-state index is 0.0110. The molecule has 1 aliphatic carbocycles. The summed E-state index contributed by atoms with van der Waals surface area (Å²) in [7, 11) is 1.31. The van der Waals surface area contributed by atoms with Crippen molar-refractivity contribution in [2.45, 2.75) is 30.5 Å². The Balaban J connectivity index is 1.40. The van der Waals surface area contributed by atoms with Gasteiger partial charge in [-0.1, -0.05) is 35.7 Å². The number of methoxy groups -OCH3 is 1. The number of amides is 1. The van der Waals surface area contributed by atoms with Crippen LogP contribution in [0.15, 0.2) is 40.5 Å². The van der Waals surface area contributed by atoms with Crippen LogP contribution >= 0.6 is 23.5 Å². The first-order chi connectivity index (χ1) is 14.6. The number of aromatic nitrogens is 3. The van der Waals surface area contributed by atoms with E-state index in [1.54, 1.807) is 34.9 Å². The zero-order valence-electron chi connectivity index (χ0n) is 16.4. The quantitative estimate of drug-likeness (QED) is 0.265. The van der Waals surface area contributed by atoms with Crippen LogP contribution in [0.25, 0.3) is 11.4 Å². The van der Waals surface area contributed by atoms with E-state index in [0.717, 1.165) is 30.2 Å². The van der Waals surface area contributed by atoms with E-state index in [1.807, 2.05) is 4.57 Å². The van der Waals surface area contributed by atoms with Gasteiger partial charge in [0, 0.05) is 18.3 Å². The van der Waals surface area contributed by atoms with Crippen LogP contribution in [0.4, 0.5) is 4.39 Å². The highest BCUT2D eigenvalue weighted by atomic mass is 32.2. The lowest BCUT2D eigenvalue weighted by Crippen LogP contribution is -2.26. The first-order valence-electron chi connectivity index (χ1n) is 9.64. The van der Waals surface area contributed by atoms with Gasteiger partial charge in [-0.3, -0.25) is 9.36 Å². The average molecular weight is 449 g/mol.